The number of rotatable bonds is 35. The summed E-state index contributed by atoms with van der Waals surface area (Å²) in [6.07, 6.45) is -26.5. The van der Waals surface area contributed by atoms with Crippen molar-refractivity contribution in [1.82, 2.24) is 5.32 Å². The number of nitrogens with one attached hydrogen (secondary N) is 1. The second-order valence-corrected chi connectivity index (χ2v) is 28.3. The van der Waals surface area contributed by atoms with Gasteiger partial charge in [-0.15, -0.1) is 0 Å². The van der Waals surface area contributed by atoms with Gasteiger partial charge in [0.1, 0.15) is 14.7 Å². The maximum Gasteiger partial charge on any atom is 0.460 e. The van der Waals surface area contributed by atoms with Crippen LogP contribution in [-0.2, 0) is 4.74 Å². The van der Waals surface area contributed by atoms with Crippen molar-refractivity contribution in [3.8, 4) is 0 Å². The van der Waals surface area contributed by atoms with Gasteiger partial charge in [0.2, 0.25) is 0 Å². The standard InChI is InChI=1S/C46H23F63N2O3Si/c1-10(17(47,48)20(53,54)23(59,60)26(65,66)29(71,72)32(77,78)35(83,84)38(89,90)41(95,96)44(101,102)103)115(14-6-4-13(5-7-14)15(112)114-9-8-111-16(110)113,11(2)18(49,50)21(55,56)24(61,62)27(67,68)30(73,74)33(79,80)36(85,86)39(91,92)42(97,98)45(104,105)106)12(3)19(51,52)22(57,58)25(63,64)28(69,70)31(75,76)34(81,82)37(87,88)40(93,94)43(99,100)46(107,108)109/h4-7,10-12H,8-9H2,1-3H3,(H3,110,111,113). The minimum atomic E-state index is -11.1. The molecule has 1 aromatic rings. The number of halogens is 63. The van der Waals surface area contributed by atoms with Gasteiger partial charge in [-0.05, 0) is 12.1 Å². The molecular weight excluding hydrogens is 1850 g/mol. The number of esters is 1. The van der Waals surface area contributed by atoms with Crippen molar-refractivity contribution >= 4 is 25.3 Å². The number of hydrogen-bond acceptors (Lipinski definition) is 3. The van der Waals surface area contributed by atoms with Crippen LogP contribution in [0.15, 0.2) is 24.3 Å². The first-order valence-corrected chi connectivity index (χ1v) is 29.0. The third kappa shape index (κ3) is 13.4. The van der Waals surface area contributed by atoms with Gasteiger partial charge in [-0.2, -0.15) is 277 Å². The molecule has 0 aliphatic rings. The Morgan fingerprint density at radius 2 is 0.417 bits per heavy atom. The highest BCUT2D eigenvalue weighted by Gasteiger charge is 3.03. The van der Waals surface area contributed by atoms with Gasteiger partial charge in [-0.25, -0.2) is 9.59 Å². The number of carbonyl (C=O) groups is 2. The van der Waals surface area contributed by atoms with Crippen molar-refractivity contribution in [2.24, 2.45) is 5.73 Å². The summed E-state index contributed by atoms with van der Waals surface area (Å²) in [5.74, 6) is -282. The van der Waals surface area contributed by atoms with Crippen LogP contribution in [-0.4, -0.2) is 212 Å². The Hall–Kier alpha value is -6.23. The van der Waals surface area contributed by atoms with E-state index >= 15 is 105 Å². The second kappa shape index (κ2) is 28.2. The summed E-state index contributed by atoms with van der Waals surface area (Å²) in [6.45, 7) is -10.9. The number of primary amides is 1. The van der Waals surface area contributed by atoms with Crippen LogP contribution in [0.3, 0.4) is 0 Å². The van der Waals surface area contributed by atoms with Crippen LogP contribution in [0.5, 0.6) is 0 Å². The number of benzene rings is 1. The minimum Gasteiger partial charge on any atom is -0.460 e. The smallest absolute Gasteiger partial charge is 0.460 e. The zero-order chi connectivity index (χ0) is 94.2. The lowest BCUT2D eigenvalue weighted by Gasteiger charge is -2.55. The van der Waals surface area contributed by atoms with Crippen LogP contribution in [0.25, 0.3) is 0 Å². The summed E-state index contributed by atoms with van der Waals surface area (Å²) in [4.78, 5) is 23.6. The third-order valence-electron chi connectivity index (χ3n) is 16.6. The lowest BCUT2D eigenvalue weighted by molar-refractivity contribution is -0.474. The number of urea groups is 1. The average Bonchev–Trinajstić information content (AvgIpc) is 0.682. The van der Waals surface area contributed by atoms with E-state index in [1.807, 2.05) is 0 Å². The lowest BCUT2D eigenvalue weighted by Crippen LogP contribution is -2.80. The molecule has 0 saturated carbocycles. The topological polar surface area (TPSA) is 81.4 Å². The molecule has 0 heterocycles. The van der Waals surface area contributed by atoms with E-state index in [2.05, 4.69) is 10.5 Å². The highest BCUT2D eigenvalue weighted by molar-refractivity contribution is 6.95. The van der Waals surface area contributed by atoms with Crippen molar-refractivity contribution in [1.29, 1.82) is 0 Å². The molecule has 680 valence electrons. The van der Waals surface area contributed by atoms with Crippen LogP contribution in [0.4, 0.5) is 281 Å². The van der Waals surface area contributed by atoms with Crippen molar-refractivity contribution in [2.45, 2.75) is 216 Å². The number of alkyl halides is 63. The molecule has 3 atom stereocenters. The minimum absolute atomic E-state index is 1.30. The molecule has 0 spiro atoms. The maximum atomic E-state index is 17.0. The molecule has 3 N–H and O–H groups in total. The van der Waals surface area contributed by atoms with Gasteiger partial charge in [0.25, 0.3) is 0 Å². The van der Waals surface area contributed by atoms with Crippen LogP contribution in [0.2, 0.25) is 16.6 Å². The predicted molar refractivity (Wildman–Crippen MR) is 240 cm³/mol. The largest absolute Gasteiger partial charge is 0.460 e. The fourth-order valence-corrected chi connectivity index (χ4v) is 16.4. The third-order valence-corrected chi connectivity index (χ3v) is 23.4. The Morgan fingerprint density at radius 1 is 0.270 bits per heavy atom. The quantitative estimate of drug-likeness (QED) is 0.0308. The predicted octanol–water partition coefficient (Wildman–Crippen LogP) is 22.2. The summed E-state index contributed by atoms with van der Waals surface area (Å²) >= 11 is 0. The first-order chi connectivity index (χ1) is 49.0. The Balaban J connectivity index is 5.72. The van der Waals surface area contributed by atoms with Gasteiger partial charge in [-0.1, -0.05) is 38.1 Å². The Kier molecular flexibility index (Phi) is 26.2. The van der Waals surface area contributed by atoms with Crippen molar-refractivity contribution in [2.75, 3.05) is 13.2 Å². The summed E-state index contributed by atoms with van der Waals surface area (Å²) in [7, 11) is -11.1. The van der Waals surface area contributed by atoms with Crippen LogP contribution in [0, 0.1) is 0 Å². The van der Waals surface area contributed by atoms with Crippen molar-refractivity contribution in [3.63, 3.8) is 0 Å². The number of ether oxygens (including phenoxy) is 1. The monoisotopic (exact) mass is 1880 g/mol. The van der Waals surface area contributed by atoms with Crippen molar-refractivity contribution < 1.29 is 291 Å². The van der Waals surface area contributed by atoms with Gasteiger partial charge >= 0.3 is 190 Å². The molecule has 1 rings (SSSR count). The molecule has 115 heavy (non-hydrogen) atoms. The lowest BCUT2D eigenvalue weighted by atomic mass is 9.85. The first kappa shape index (κ1) is 107. The fraction of sp³-hybridized carbons (Fsp3) is 0.826. The molecule has 3 unspecified atom stereocenters. The van der Waals surface area contributed by atoms with E-state index < -0.39 is 284 Å². The highest BCUT2D eigenvalue weighted by atomic mass is 28.3. The fourth-order valence-electron chi connectivity index (χ4n) is 9.60. The molecule has 0 saturated heterocycles. The Morgan fingerprint density at radius 3 is 0.565 bits per heavy atom. The normalized spacial score (nSPS) is 17.8. The van der Waals surface area contributed by atoms with Gasteiger partial charge in [0, 0.05) is 16.6 Å². The molecule has 2 amide bonds. The summed E-state index contributed by atoms with van der Waals surface area (Å²) < 4.78 is 931. The summed E-state index contributed by atoms with van der Waals surface area (Å²) in [5, 5.41) is -2.85. The molecule has 0 aliphatic carbocycles. The van der Waals surface area contributed by atoms with Crippen LogP contribution < -0.4 is 16.2 Å². The van der Waals surface area contributed by atoms with Crippen LogP contribution in [0.1, 0.15) is 31.1 Å². The molecule has 69 heteroatoms. The van der Waals surface area contributed by atoms with Gasteiger partial charge < -0.3 is 15.8 Å². The number of amides is 2. The highest BCUT2D eigenvalue weighted by Crippen LogP contribution is 2.75. The second-order valence-electron chi connectivity index (χ2n) is 23.2. The van der Waals surface area contributed by atoms with Crippen molar-refractivity contribution in [3.05, 3.63) is 29.8 Å². The Labute approximate surface area is 586 Å². The summed E-state index contributed by atoms with van der Waals surface area (Å²) in [5.41, 5.74) is -20.1. The SMILES string of the molecule is CC(C(F)(F)C(F)(F)C(F)(F)C(F)(F)C(F)(F)C(F)(F)C(F)(F)C(F)(F)C(F)(F)C(F)(F)F)[Si](c1ccc(C(=O)OCCNC(N)=O)cc1)(C(C)C(F)(F)C(F)(F)C(F)(F)C(F)(F)C(F)(F)C(F)(F)C(F)(F)C(F)(F)C(F)(F)C(F)(F)F)C(C)C(F)(F)C(F)(F)C(F)(F)C(F)(F)C(F)(F)C(F)(F)C(F)(F)C(F)(F)C(F)(F)C(F)(F)F. The molecule has 1 aromatic carbocycles. The number of nitrogens with two attached hydrogens (primary N) is 1. The van der Waals surface area contributed by atoms with E-state index in [-0.39, 0.29) is 0 Å². The zero-order valence-corrected chi connectivity index (χ0v) is 53.1. The van der Waals surface area contributed by atoms with Gasteiger partial charge in [0.15, 0.2) is 0 Å². The number of carbonyl (C=O) groups excluding carboxylic acids is 2. The molecule has 5 nitrogen and oxygen atoms in total. The molecule has 0 aromatic heterocycles. The van der Waals surface area contributed by atoms with E-state index in [1.165, 1.54) is 5.32 Å². The molecule has 0 radical (unpaired) electrons. The van der Waals surface area contributed by atoms with Crippen LogP contribution >= 0.6 is 0 Å². The molecular formula is C46H23F63N2O3Si. The van der Waals surface area contributed by atoms with E-state index in [4.69, 9.17) is 0 Å². The van der Waals surface area contributed by atoms with E-state index in [0.717, 1.165) is 0 Å². The average molecular weight is 1880 g/mol. The van der Waals surface area contributed by atoms with E-state index in [0.29, 0.717) is 0 Å². The summed E-state index contributed by atoms with van der Waals surface area (Å²) in [6, 6.07) is -8.09. The zero-order valence-electron chi connectivity index (χ0n) is 52.1. The molecule has 0 fully saturated rings. The maximum absolute atomic E-state index is 17.0. The van der Waals surface area contributed by atoms with E-state index in [1.54, 1.807) is 0 Å². The number of hydrogen-bond donors (Lipinski definition) is 2. The van der Waals surface area contributed by atoms with Gasteiger partial charge in [-0.3, -0.25) is 0 Å². The molecule has 0 aliphatic heterocycles. The van der Waals surface area contributed by atoms with E-state index in [9.17, 15) is 181 Å². The molecule has 0 bridgehead atoms. The first-order valence-electron chi connectivity index (χ1n) is 26.7. The Bertz CT molecular complexity index is 3320. The van der Waals surface area contributed by atoms with Gasteiger partial charge in [0.05, 0.1) is 12.1 Å².